The monoisotopic (exact) mass is 372 g/mol. The first-order valence-electron chi connectivity index (χ1n) is 7.93. The summed E-state index contributed by atoms with van der Waals surface area (Å²) >= 11 is 0. The lowest BCUT2D eigenvalue weighted by Gasteiger charge is -2.13. The highest BCUT2D eigenvalue weighted by Crippen LogP contribution is 2.18. The number of hydrogen-bond donors (Lipinski definition) is 1. The van der Waals surface area contributed by atoms with Gasteiger partial charge < -0.3 is 14.5 Å². The minimum Gasteiger partial charge on any atom is -0.449 e. The Hall–Kier alpha value is -3.55. The van der Waals surface area contributed by atoms with Crippen molar-refractivity contribution in [2.75, 3.05) is 5.32 Å². The van der Waals surface area contributed by atoms with Crippen molar-refractivity contribution >= 4 is 34.7 Å². The van der Waals surface area contributed by atoms with Gasteiger partial charge in [-0.2, -0.15) is 0 Å². The predicted octanol–water partition coefficient (Wildman–Crippen LogP) is 3.69. The SMILES string of the molecule is C[C@@H](OC(=O)/C=C/c1nc2ccccc2o1)C(=O)Nc1c(F)cccc1F. The number of oxazole rings is 1. The number of rotatable bonds is 5. The first kappa shape index (κ1) is 18.2. The summed E-state index contributed by atoms with van der Waals surface area (Å²) < 4.78 is 37.4. The first-order valence-corrected chi connectivity index (χ1v) is 7.93. The lowest BCUT2D eigenvalue weighted by Crippen LogP contribution is -2.30. The molecule has 3 rings (SSSR count). The topological polar surface area (TPSA) is 81.4 Å². The van der Waals surface area contributed by atoms with Crippen LogP contribution in [0.25, 0.3) is 17.2 Å². The van der Waals surface area contributed by atoms with Gasteiger partial charge in [-0.1, -0.05) is 18.2 Å². The van der Waals surface area contributed by atoms with E-state index in [9.17, 15) is 18.4 Å². The van der Waals surface area contributed by atoms with E-state index in [0.717, 1.165) is 18.2 Å². The van der Waals surface area contributed by atoms with Gasteiger partial charge in [0.1, 0.15) is 22.8 Å². The molecule has 0 unspecified atom stereocenters. The molecule has 0 bridgehead atoms. The molecule has 0 aliphatic carbocycles. The van der Waals surface area contributed by atoms with Crippen LogP contribution < -0.4 is 5.32 Å². The quantitative estimate of drug-likeness (QED) is 0.546. The Morgan fingerprint density at radius 3 is 2.56 bits per heavy atom. The third kappa shape index (κ3) is 4.35. The summed E-state index contributed by atoms with van der Waals surface area (Å²) in [4.78, 5) is 27.9. The van der Waals surface area contributed by atoms with E-state index in [1.807, 2.05) is 0 Å². The van der Waals surface area contributed by atoms with Gasteiger partial charge in [0, 0.05) is 12.2 Å². The number of halogens is 2. The van der Waals surface area contributed by atoms with Gasteiger partial charge in [-0.3, -0.25) is 4.79 Å². The van der Waals surface area contributed by atoms with E-state index in [1.54, 1.807) is 24.3 Å². The number of aromatic nitrogens is 1. The molecule has 0 saturated carbocycles. The molecule has 8 heteroatoms. The van der Waals surface area contributed by atoms with Crippen molar-refractivity contribution in [3.63, 3.8) is 0 Å². The van der Waals surface area contributed by atoms with Crippen molar-refractivity contribution in [2.24, 2.45) is 0 Å². The Balaban J connectivity index is 1.60. The highest BCUT2D eigenvalue weighted by Gasteiger charge is 2.20. The number of benzene rings is 2. The largest absolute Gasteiger partial charge is 0.449 e. The van der Waals surface area contributed by atoms with Crippen LogP contribution in [0.4, 0.5) is 14.5 Å². The van der Waals surface area contributed by atoms with E-state index < -0.39 is 35.3 Å². The molecule has 0 aliphatic rings. The molecule has 0 spiro atoms. The maximum absolute atomic E-state index is 13.5. The van der Waals surface area contributed by atoms with E-state index in [2.05, 4.69) is 10.3 Å². The van der Waals surface area contributed by atoms with Crippen molar-refractivity contribution in [2.45, 2.75) is 13.0 Å². The predicted molar refractivity (Wildman–Crippen MR) is 93.6 cm³/mol. The lowest BCUT2D eigenvalue weighted by atomic mass is 10.2. The number of amides is 1. The Kier molecular flexibility index (Phi) is 5.25. The standard InChI is InChI=1S/C19H14F2N2O4/c1-11(19(25)23-18-12(20)5-4-6-13(18)21)26-17(24)10-9-16-22-14-7-2-3-8-15(14)27-16/h2-11H,1H3,(H,23,25)/b10-9+/t11-/m1/s1. The normalized spacial score (nSPS) is 12.3. The Morgan fingerprint density at radius 2 is 1.85 bits per heavy atom. The highest BCUT2D eigenvalue weighted by molar-refractivity contribution is 5.96. The molecule has 3 aromatic rings. The maximum atomic E-state index is 13.5. The summed E-state index contributed by atoms with van der Waals surface area (Å²) in [6, 6.07) is 10.2. The molecule has 0 aliphatic heterocycles. The van der Waals surface area contributed by atoms with Gasteiger partial charge in [0.05, 0.1) is 0 Å². The molecule has 6 nitrogen and oxygen atoms in total. The summed E-state index contributed by atoms with van der Waals surface area (Å²) in [5.41, 5.74) is 0.586. The van der Waals surface area contributed by atoms with Crippen molar-refractivity contribution < 1.29 is 27.5 Å². The molecule has 2 aromatic carbocycles. The van der Waals surface area contributed by atoms with Crippen LogP contribution in [0.15, 0.2) is 53.0 Å². The van der Waals surface area contributed by atoms with E-state index in [4.69, 9.17) is 9.15 Å². The Morgan fingerprint density at radius 1 is 1.15 bits per heavy atom. The molecule has 0 radical (unpaired) electrons. The second-order valence-corrected chi connectivity index (χ2v) is 5.52. The van der Waals surface area contributed by atoms with Gasteiger partial charge in [0.25, 0.3) is 5.91 Å². The third-order valence-corrected chi connectivity index (χ3v) is 3.55. The first-order chi connectivity index (χ1) is 12.9. The van der Waals surface area contributed by atoms with Crippen LogP contribution in [-0.4, -0.2) is 23.0 Å². The van der Waals surface area contributed by atoms with Gasteiger partial charge in [0.15, 0.2) is 11.7 Å². The van der Waals surface area contributed by atoms with Crippen molar-refractivity contribution in [3.05, 3.63) is 66.1 Å². The molecular weight excluding hydrogens is 358 g/mol. The number of para-hydroxylation sites is 3. The Bertz CT molecular complexity index is 976. The average Bonchev–Trinajstić information content (AvgIpc) is 3.06. The summed E-state index contributed by atoms with van der Waals surface area (Å²) in [6.45, 7) is 1.28. The van der Waals surface area contributed by atoms with Crippen LogP contribution in [0, 0.1) is 11.6 Å². The molecule has 0 fully saturated rings. The fourth-order valence-electron chi connectivity index (χ4n) is 2.21. The number of ether oxygens (including phenoxy) is 1. The number of nitrogens with one attached hydrogen (secondary N) is 1. The zero-order valence-corrected chi connectivity index (χ0v) is 14.1. The van der Waals surface area contributed by atoms with Crippen molar-refractivity contribution in [1.82, 2.24) is 4.98 Å². The number of nitrogens with zero attached hydrogens (tertiary/aromatic N) is 1. The van der Waals surface area contributed by atoms with E-state index in [1.165, 1.54) is 19.1 Å². The second kappa shape index (κ2) is 7.77. The lowest BCUT2D eigenvalue weighted by molar-refractivity contribution is -0.148. The Labute approximate surface area is 152 Å². The molecule has 138 valence electrons. The molecule has 1 N–H and O–H groups in total. The summed E-state index contributed by atoms with van der Waals surface area (Å²) in [6.07, 6.45) is 1.06. The number of hydrogen-bond acceptors (Lipinski definition) is 5. The maximum Gasteiger partial charge on any atom is 0.331 e. The highest BCUT2D eigenvalue weighted by atomic mass is 19.1. The number of carbonyl (C=O) groups excluding carboxylic acids is 2. The number of fused-ring (bicyclic) bond motifs is 1. The molecular formula is C19H14F2N2O4. The summed E-state index contributed by atoms with van der Waals surface area (Å²) in [7, 11) is 0. The van der Waals surface area contributed by atoms with E-state index in [-0.39, 0.29) is 5.89 Å². The van der Waals surface area contributed by atoms with Crippen molar-refractivity contribution in [3.8, 4) is 0 Å². The van der Waals surface area contributed by atoms with Gasteiger partial charge >= 0.3 is 5.97 Å². The minimum atomic E-state index is -1.27. The van der Waals surface area contributed by atoms with E-state index >= 15 is 0 Å². The van der Waals surface area contributed by atoms with Crippen LogP contribution in [0.5, 0.6) is 0 Å². The van der Waals surface area contributed by atoms with Crippen LogP contribution in [0.2, 0.25) is 0 Å². The minimum absolute atomic E-state index is 0.193. The van der Waals surface area contributed by atoms with Crippen LogP contribution in [0.1, 0.15) is 12.8 Å². The molecule has 1 heterocycles. The average molecular weight is 372 g/mol. The van der Waals surface area contributed by atoms with Gasteiger partial charge in [-0.15, -0.1) is 0 Å². The van der Waals surface area contributed by atoms with Crippen LogP contribution in [0.3, 0.4) is 0 Å². The number of carbonyl (C=O) groups is 2. The third-order valence-electron chi connectivity index (χ3n) is 3.55. The van der Waals surface area contributed by atoms with Gasteiger partial charge in [-0.05, 0) is 31.2 Å². The fraction of sp³-hybridized carbons (Fsp3) is 0.105. The zero-order chi connectivity index (χ0) is 19.4. The zero-order valence-electron chi connectivity index (χ0n) is 14.1. The molecule has 1 aromatic heterocycles. The molecule has 1 atom stereocenters. The van der Waals surface area contributed by atoms with Crippen LogP contribution in [-0.2, 0) is 14.3 Å². The van der Waals surface area contributed by atoms with E-state index in [0.29, 0.717) is 11.1 Å². The van der Waals surface area contributed by atoms with Crippen molar-refractivity contribution in [1.29, 1.82) is 0 Å². The van der Waals surface area contributed by atoms with Gasteiger partial charge in [-0.25, -0.2) is 18.6 Å². The summed E-state index contributed by atoms with van der Waals surface area (Å²) in [5.74, 6) is -3.38. The molecule has 0 saturated heterocycles. The second-order valence-electron chi connectivity index (χ2n) is 5.52. The fourth-order valence-corrected chi connectivity index (χ4v) is 2.21. The smallest absolute Gasteiger partial charge is 0.331 e. The summed E-state index contributed by atoms with van der Waals surface area (Å²) in [5, 5.41) is 2.05. The van der Waals surface area contributed by atoms with Gasteiger partial charge in [0.2, 0.25) is 5.89 Å². The number of esters is 1. The molecule has 1 amide bonds. The number of anilines is 1. The van der Waals surface area contributed by atoms with Crippen LogP contribution >= 0.6 is 0 Å². The molecule has 27 heavy (non-hydrogen) atoms.